The van der Waals surface area contributed by atoms with Crippen LogP contribution in [0.2, 0.25) is 0 Å². The van der Waals surface area contributed by atoms with E-state index >= 15 is 0 Å². The molecule has 0 aliphatic carbocycles. The van der Waals surface area contributed by atoms with Crippen molar-refractivity contribution in [2.45, 2.75) is 0 Å². The van der Waals surface area contributed by atoms with Gasteiger partial charge in [-0.3, -0.25) is 0 Å². The first kappa shape index (κ1) is 22.7. The lowest BCUT2D eigenvalue weighted by atomic mass is 10.3. The molecule has 2 N–H and O–H groups in total. The molecule has 6 nitrogen and oxygen atoms in total. The highest BCUT2D eigenvalue weighted by atomic mass is 16.5. The van der Waals surface area contributed by atoms with E-state index in [0.717, 1.165) is 0 Å². The van der Waals surface area contributed by atoms with Crippen molar-refractivity contribution in [1.29, 1.82) is 0 Å². The van der Waals surface area contributed by atoms with Gasteiger partial charge >= 0.3 is 0 Å². The summed E-state index contributed by atoms with van der Waals surface area (Å²) in [6, 6.07) is 34.9. The zero-order chi connectivity index (χ0) is 24.7. The zero-order valence-corrected chi connectivity index (χ0v) is 19.1. The Morgan fingerprint density at radius 2 is 0.528 bits per heavy atom. The monoisotopic (exact) mass is 478 g/mol. The first-order chi connectivity index (χ1) is 17.6. The molecule has 0 spiro atoms. The second-order valence-corrected chi connectivity index (χ2v) is 7.83. The first-order valence-corrected chi connectivity index (χ1v) is 11.2. The molecule has 6 heteroatoms. The Bertz CT molecular complexity index is 1370. The van der Waals surface area contributed by atoms with Crippen LogP contribution in [0.25, 0.3) is 0 Å². The molecular formula is C30H22O6. The third kappa shape index (κ3) is 6.07. The van der Waals surface area contributed by atoms with Crippen LogP contribution >= 0.6 is 0 Å². The summed E-state index contributed by atoms with van der Waals surface area (Å²) in [5, 5.41) is 19.3. The summed E-state index contributed by atoms with van der Waals surface area (Å²) in [6.45, 7) is 0. The molecular weight excluding hydrogens is 456 g/mol. The number of ether oxygens (including phenoxy) is 4. The molecule has 0 radical (unpaired) electrons. The van der Waals surface area contributed by atoms with Gasteiger partial charge < -0.3 is 29.2 Å². The summed E-state index contributed by atoms with van der Waals surface area (Å²) >= 11 is 0. The Hall–Kier alpha value is -5.10. The van der Waals surface area contributed by atoms with Crippen LogP contribution in [0.4, 0.5) is 0 Å². The standard InChI is InChI=1S/C30H22O6/c31-21-6-1-8-23(16-21)33-25-10-3-12-27(18-25)35-29-14-5-15-30(20-29)36-28-13-4-11-26(19-28)34-24-9-2-7-22(32)17-24/h1-20,31-32H. The Morgan fingerprint density at radius 1 is 0.306 bits per heavy atom. The highest BCUT2D eigenvalue weighted by Gasteiger charge is 2.06. The fourth-order valence-corrected chi connectivity index (χ4v) is 3.44. The molecule has 5 aromatic rings. The van der Waals surface area contributed by atoms with Crippen LogP contribution in [0, 0.1) is 0 Å². The van der Waals surface area contributed by atoms with E-state index in [9.17, 15) is 10.2 Å². The minimum atomic E-state index is 0.133. The van der Waals surface area contributed by atoms with Gasteiger partial charge in [-0.15, -0.1) is 0 Å². The van der Waals surface area contributed by atoms with E-state index in [4.69, 9.17) is 18.9 Å². The Kier molecular flexibility index (Phi) is 6.58. The molecule has 0 saturated carbocycles. The van der Waals surface area contributed by atoms with Crippen LogP contribution in [0.3, 0.4) is 0 Å². The van der Waals surface area contributed by atoms with Gasteiger partial charge in [0.1, 0.15) is 57.5 Å². The molecule has 5 rings (SSSR count). The van der Waals surface area contributed by atoms with E-state index in [1.807, 2.05) is 54.6 Å². The third-order valence-corrected chi connectivity index (χ3v) is 4.99. The average Bonchev–Trinajstić information content (AvgIpc) is 2.85. The van der Waals surface area contributed by atoms with Gasteiger partial charge in [0.2, 0.25) is 0 Å². The number of phenols is 2. The number of benzene rings is 5. The molecule has 0 bridgehead atoms. The predicted octanol–water partition coefficient (Wildman–Crippen LogP) is 8.27. The van der Waals surface area contributed by atoms with Crippen molar-refractivity contribution < 1.29 is 29.2 Å². The van der Waals surface area contributed by atoms with Gasteiger partial charge in [-0.2, -0.15) is 0 Å². The molecule has 0 aliphatic rings. The van der Waals surface area contributed by atoms with Gasteiger partial charge in [0.05, 0.1) is 0 Å². The lowest BCUT2D eigenvalue weighted by molar-refractivity contribution is 0.443. The minimum Gasteiger partial charge on any atom is -0.508 e. The van der Waals surface area contributed by atoms with Crippen LogP contribution in [0.5, 0.6) is 57.5 Å². The molecule has 0 unspecified atom stereocenters. The highest BCUT2D eigenvalue weighted by Crippen LogP contribution is 2.33. The number of hydrogen-bond donors (Lipinski definition) is 2. The predicted molar refractivity (Wildman–Crippen MR) is 136 cm³/mol. The Labute approximate surface area is 208 Å². The zero-order valence-electron chi connectivity index (χ0n) is 19.1. The fourth-order valence-electron chi connectivity index (χ4n) is 3.44. The SMILES string of the molecule is Oc1cccc(Oc2cccc(Oc3cccc(Oc4cccc(Oc5cccc(O)c5)c4)c3)c2)c1. The van der Waals surface area contributed by atoms with Crippen LogP contribution in [0.1, 0.15) is 0 Å². The molecule has 0 amide bonds. The van der Waals surface area contributed by atoms with E-state index in [0.29, 0.717) is 46.0 Å². The molecule has 0 heterocycles. The fraction of sp³-hybridized carbons (Fsp3) is 0. The topological polar surface area (TPSA) is 77.4 Å². The molecule has 0 aliphatic heterocycles. The third-order valence-electron chi connectivity index (χ3n) is 4.99. The maximum Gasteiger partial charge on any atom is 0.131 e. The van der Waals surface area contributed by atoms with Crippen molar-refractivity contribution in [3.8, 4) is 57.5 Å². The van der Waals surface area contributed by atoms with Crippen molar-refractivity contribution in [3.05, 3.63) is 121 Å². The number of phenolic OH excluding ortho intramolecular Hbond substituents is 2. The minimum absolute atomic E-state index is 0.133. The number of aromatic hydroxyl groups is 2. The summed E-state index contributed by atoms with van der Waals surface area (Å²) in [4.78, 5) is 0. The van der Waals surface area contributed by atoms with Crippen molar-refractivity contribution in [1.82, 2.24) is 0 Å². The molecule has 5 aromatic carbocycles. The van der Waals surface area contributed by atoms with Crippen molar-refractivity contribution in [2.24, 2.45) is 0 Å². The van der Waals surface area contributed by atoms with Crippen molar-refractivity contribution in [2.75, 3.05) is 0 Å². The quantitative estimate of drug-likeness (QED) is 0.234. The summed E-state index contributed by atoms with van der Waals surface area (Å²) < 4.78 is 23.7. The van der Waals surface area contributed by atoms with Crippen LogP contribution in [0.15, 0.2) is 121 Å². The second kappa shape index (κ2) is 10.4. The number of rotatable bonds is 8. The summed E-state index contributed by atoms with van der Waals surface area (Å²) in [7, 11) is 0. The van der Waals surface area contributed by atoms with Gasteiger partial charge in [-0.05, 0) is 60.7 Å². The largest absolute Gasteiger partial charge is 0.508 e. The summed E-state index contributed by atoms with van der Waals surface area (Å²) in [5.41, 5.74) is 0. The lowest BCUT2D eigenvalue weighted by Crippen LogP contribution is -1.89. The summed E-state index contributed by atoms with van der Waals surface area (Å²) in [6.07, 6.45) is 0. The van der Waals surface area contributed by atoms with E-state index < -0.39 is 0 Å². The van der Waals surface area contributed by atoms with Crippen LogP contribution in [-0.2, 0) is 0 Å². The molecule has 0 fully saturated rings. The molecule has 178 valence electrons. The lowest BCUT2D eigenvalue weighted by Gasteiger charge is -2.12. The van der Waals surface area contributed by atoms with Crippen molar-refractivity contribution in [3.63, 3.8) is 0 Å². The van der Waals surface area contributed by atoms with Gasteiger partial charge in [0.25, 0.3) is 0 Å². The van der Waals surface area contributed by atoms with Gasteiger partial charge in [-0.25, -0.2) is 0 Å². The highest BCUT2D eigenvalue weighted by molar-refractivity contribution is 5.44. The average molecular weight is 479 g/mol. The Morgan fingerprint density at radius 3 is 0.778 bits per heavy atom. The van der Waals surface area contributed by atoms with E-state index in [-0.39, 0.29) is 11.5 Å². The van der Waals surface area contributed by atoms with Crippen LogP contribution in [-0.4, -0.2) is 10.2 Å². The molecule has 0 atom stereocenters. The summed E-state index contributed by atoms with van der Waals surface area (Å²) in [5.74, 6) is 4.83. The Balaban J connectivity index is 1.26. The van der Waals surface area contributed by atoms with E-state index in [1.54, 1.807) is 54.6 Å². The van der Waals surface area contributed by atoms with E-state index in [2.05, 4.69) is 0 Å². The smallest absolute Gasteiger partial charge is 0.131 e. The van der Waals surface area contributed by atoms with Gasteiger partial charge in [0.15, 0.2) is 0 Å². The molecule has 0 aromatic heterocycles. The second-order valence-electron chi connectivity index (χ2n) is 7.83. The normalized spacial score (nSPS) is 10.4. The van der Waals surface area contributed by atoms with Gasteiger partial charge in [-0.1, -0.05) is 30.3 Å². The van der Waals surface area contributed by atoms with E-state index in [1.165, 1.54) is 12.1 Å². The maximum absolute atomic E-state index is 9.63. The van der Waals surface area contributed by atoms with Crippen LogP contribution < -0.4 is 18.9 Å². The van der Waals surface area contributed by atoms with Gasteiger partial charge in [0, 0.05) is 30.3 Å². The first-order valence-electron chi connectivity index (χ1n) is 11.2. The number of hydrogen-bond acceptors (Lipinski definition) is 6. The van der Waals surface area contributed by atoms with Crippen molar-refractivity contribution >= 4 is 0 Å². The molecule has 36 heavy (non-hydrogen) atoms. The maximum atomic E-state index is 9.63. The molecule has 0 saturated heterocycles.